The summed E-state index contributed by atoms with van der Waals surface area (Å²) >= 11 is 0. The van der Waals surface area contributed by atoms with E-state index in [2.05, 4.69) is 10.1 Å². The average Bonchev–Trinajstić information content (AvgIpc) is 2.19. The number of methoxy groups -OCH3 is 1. The molecule has 3 nitrogen and oxygen atoms in total. The van der Waals surface area contributed by atoms with Crippen LogP contribution in [0, 0.1) is 0 Å². The standard InChI is InChI=1S/C10H15NO2/c1-13-10(12)8-11-7-9-5-3-2-4-6-9/h2-6,10-12H,7-8H2,1H3. The van der Waals surface area contributed by atoms with Crippen molar-refractivity contribution < 1.29 is 9.84 Å². The third kappa shape index (κ3) is 4.03. The number of rotatable bonds is 5. The van der Waals surface area contributed by atoms with Crippen LogP contribution in [-0.2, 0) is 11.3 Å². The Balaban J connectivity index is 2.20. The molecule has 1 unspecified atom stereocenters. The molecule has 0 amide bonds. The monoisotopic (exact) mass is 181 g/mol. The Hall–Kier alpha value is -0.900. The first kappa shape index (κ1) is 10.2. The molecular weight excluding hydrogens is 166 g/mol. The summed E-state index contributed by atoms with van der Waals surface area (Å²) in [4.78, 5) is 0. The van der Waals surface area contributed by atoms with Gasteiger partial charge >= 0.3 is 0 Å². The van der Waals surface area contributed by atoms with Crippen molar-refractivity contribution in [2.45, 2.75) is 12.8 Å². The van der Waals surface area contributed by atoms with E-state index in [0.29, 0.717) is 6.54 Å². The van der Waals surface area contributed by atoms with E-state index < -0.39 is 6.29 Å². The van der Waals surface area contributed by atoms with Crippen LogP contribution in [0.2, 0.25) is 0 Å². The third-order valence-electron chi connectivity index (χ3n) is 1.76. The molecule has 13 heavy (non-hydrogen) atoms. The Bertz CT molecular complexity index is 226. The zero-order valence-corrected chi connectivity index (χ0v) is 7.73. The molecule has 72 valence electrons. The highest BCUT2D eigenvalue weighted by Gasteiger charge is 1.98. The van der Waals surface area contributed by atoms with Gasteiger partial charge < -0.3 is 15.2 Å². The van der Waals surface area contributed by atoms with Crippen LogP contribution in [0.5, 0.6) is 0 Å². The Morgan fingerprint density at radius 3 is 2.69 bits per heavy atom. The maximum Gasteiger partial charge on any atom is 0.166 e. The lowest BCUT2D eigenvalue weighted by Gasteiger charge is -2.09. The van der Waals surface area contributed by atoms with Crippen molar-refractivity contribution in [1.82, 2.24) is 5.32 Å². The molecule has 0 saturated carbocycles. The van der Waals surface area contributed by atoms with Crippen LogP contribution in [0.1, 0.15) is 5.56 Å². The third-order valence-corrected chi connectivity index (χ3v) is 1.76. The number of aliphatic hydroxyl groups is 1. The first-order valence-corrected chi connectivity index (χ1v) is 4.28. The quantitative estimate of drug-likeness (QED) is 0.658. The molecule has 0 radical (unpaired) electrons. The van der Waals surface area contributed by atoms with E-state index in [4.69, 9.17) is 5.11 Å². The van der Waals surface area contributed by atoms with Crippen LogP contribution in [0.25, 0.3) is 0 Å². The molecule has 2 N–H and O–H groups in total. The zero-order valence-electron chi connectivity index (χ0n) is 7.73. The van der Waals surface area contributed by atoms with E-state index in [1.807, 2.05) is 30.3 Å². The number of benzene rings is 1. The van der Waals surface area contributed by atoms with Crippen LogP contribution >= 0.6 is 0 Å². The maximum atomic E-state index is 9.05. The Kier molecular flexibility index (Phi) is 4.46. The predicted octanol–water partition coefficient (Wildman–Crippen LogP) is 0.741. The Morgan fingerprint density at radius 2 is 2.08 bits per heavy atom. The highest BCUT2D eigenvalue weighted by molar-refractivity contribution is 5.14. The smallest absolute Gasteiger partial charge is 0.166 e. The van der Waals surface area contributed by atoms with Gasteiger partial charge in [-0.15, -0.1) is 0 Å². The fraction of sp³-hybridized carbons (Fsp3) is 0.400. The van der Waals surface area contributed by atoms with Gasteiger partial charge in [0.15, 0.2) is 6.29 Å². The van der Waals surface area contributed by atoms with Gasteiger partial charge in [-0.2, -0.15) is 0 Å². The molecule has 0 aliphatic heterocycles. The largest absolute Gasteiger partial charge is 0.367 e. The van der Waals surface area contributed by atoms with Crippen molar-refractivity contribution in [3.63, 3.8) is 0 Å². The van der Waals surface area contributed by atoms with Crippen LogP contribution in [0.3, 0.4) is 0 Å². The van der Waals surface area contributed by atoms with Gasteiger partial charge in [-0.05, 0) is 5.56 Å². The van der Waals surface area contributed by atoms with Gasteiger partial charge in [-0.25, -0.2) is 0 Å². The van der Waals surface area contributed by atoms with Crippen molar-refractivity contribution in [3.05, 3.63) is 35.9 Å². The molecule has 3 heteroatoms. The summed E-state index contributed by atoms with van der Waals surface area (Å²) in [7, 11) is 1.48. The van der Waals surface area contributed by atoms with Crippen molar-refractivity contribution >= 4 is 0 Å². The van der Waals surface area contributed by atoms with Crippen LogP contribution in [0.4, 0.5) is 0 Å². The summed E-state index contributed by atoms with van der Waals surface area (Å²) in [6.07, 6.45) is -0.719. The summed E-state index contributed by atoms with van der Waals surface area (Å²) in [6.45, 7) is 1.20. The van der Waals surface area contributed by atoms with Crippen molar-refractivity contribution in [2.24, 2.45) is 0 Å². The molecule has 0 spiro atoms. The molecule has 0 bridgehead atoms. The van der Waals surface area contributed by atoms with E-state index in [9.17, 15) is 0 Å². The SMILES string of the molecule is COC(O)CNCc1ccccc1. The first-order valence-electron chi connectivity index (χ1n) is 4.28. The highest BCUT2D eigenvalue weighted by Crippen LogP contribution is 1.96. The summed E-state index contributed by atoms with van der Waals surface area (Å²) in [5.41, 5.74) is 1.20. The Labute approximate surface area is 78.3 Å². The van der Waals surface area contributed by atoms with Gasteiger partial charge in [0.1, 0.15) is 0 Å². The number of hydrogen-bond donors (Lipinski definition) is 2. The summed E-state index contributed by atoms with van der Waals surface area (Å²) in [5, 5.41) is 12.1. The lowest BCUT2D eigenvalue weighted by atomic mass is 10.2. The topological polar surface area (TPSA) is 41.5 Å². The summed E-state index contributed by atoms with van der Waals surface area (Å²) in [6, 6.07) is 10.0. The highest BCUT2D eigenvalue weighted by atomic mass is 16.6. The number of aliphatic hydroxyl groups excluding tert-OH is 1. The molecule has 1 rings (SSSR count). The van der Waals surface area contributed by atoms with Crippen molar-refractivity contribution in [1.29, 1.82) is 0 Å². The van der Waals surface area contributed by atoms with Crippen LogP contribution < -0.4 is 5.32 Å². The number of ether oxygens (including phenoxy) is 1. The number of nitrogens with one attached hydrogen (secondary N) is 1. The van der Waals surface area contributed by atoms with Crippen LogP contribution in [0.15, 0.2) is 30.3 Å². The second kappa shape index (κ2) is 5.70. The first-order chi connectivity index (χ1) is 6.33. The molecule has 0 saturated heterocycles. The lowest BCUT2D eigenvalue weighted by molar-refractivity contribution is -0.0709. The summed E-state index contributed by atoms with van der Waals surface area (Å²) in [5.74, 6) is 0. The number of hydrogen-bond acceptors (Lipinski definition) is 3. The predicted molar refractivity (Wildman–Crippen MR) is 51.2 cm³/mol. The average molecular weight is 181 g/mol. The van der Waals surface area contributed by atoms with Crippen LogP contribution in [-0.4, -0.2) is 25.1 Å². The normalized spacial score (nSPS) is 12.8. The minimum atomic E-state index is -0.719. The van der Waals surface area contributed by atoms with Gasteiger partial charge in [0, 0.05) is 20.2 Å². The molecular formula is C10H15NO2. The van der Waals surface area contributed by atoms with Crippen molar-refractivity contribution in [3.8, 4) is 0 Å². The maximum absolute atomic E-state index is 9.05. The minimum Gasteiger partial charge on any atom is -0.367 e. The van der Waals surface area contributed by atoms with E-state index in [-0.39, 0.29) is 0 Å². The van der Waals surface area contributed by atoms with Gasteiger partial charge in [-0.1, -0.05) is 30.3 Å². The molecule has 1 aromatic carbocycles. The van der Waals surface area contributed by atoms with E-state index >= 15 is 0 Å². The van der Waals surface area contributed by atoms with Gasteiger partial charge in [0.25, 0.3) is 0 Å². The van der Waals surface area contributed by atoms with E-state index in [1.165, 1.54) is 12.7 Å². The molecule has 0 aliphatic rings. The zero-order chi connectivity index (χ0) is 9.52. The minimum absolute atomic E-state index is 0.450. The molecule has 0 fully saturated rings. The lowest BCUT2D eigenvalue weighted by Crippen LogP contribution is -2.27. The van der Waals surface area contributed by atoms with Gasteiger partial charge in [0.05, 0.1) is 0 Å². The van der Waals surface area contributed by atoms with E-state index in [0.717, 1.165) is 6.54 Å². The molecule has 0 aromatic heterocycles. The van der Waals surface area contributed by atoms with Crippen molar-refractivity contribution in [2.75, 3.05) is 13.7 Å². The molecule has 1 aromatic rings. The second-order valence-corrected chi connectivity index (χ2v) is 2.81. The fourth-order valence-corrected chi connectivity index (χ4v) is 1.02. The fourth-order valence-electron chi connectivity index (χ4n) is 1.02. The van der Waals surface area contributed by atoms with Gasteiger partial charge in [0.2, 0.25) is 0 Å². The molecule has 1 atom stereocenters. The molecule has 0 aliphatic carbocycles. The second-order valence-electron chi connectivity index (χ2n) is 2.81. The Morgan fingerprint density at radius 1 is 1.38 bits per heavy atom. The van der Waals surface area contributed by atoms with Gasteiger partial charge in [-0.3, -0.25) is 0 Å². The summed E-state index contributed by atoms with van der Waals surface area (Å²) < 4.78 is 4.68. The van der Waals surface area contributed by atoms with E-state index in [1.54, 1.807) is 0 Å². The molecule has 0 heterocycles.